The molecule has 0 amide bonds. The number of hydrogen-bond donors (Lipinski definition) is 1. The van der Waals surface area contributed by atoms with Gasteiger partial charge in [-0.3, -0.25) is 0 Å². The van der Waals surface area contributed by atoms with Gasteiger partial charge >= 0.3 is 0 Å². The standard InChI is InChI=1S/C18H21Cl2NO/c1-11-6-15(18(22-3)7-12(11)2)14(10-21)8-13-4-5-16(19)17(20)9-13/h4-7,9,14H,8,10,21H2,1-3H3. The van der Waals surface area contributed by atoms with Gasteiger partial charge in [0.2, 0.25) is 0 Å². The summed E-state index contributed by atoms with van der Waals surface area (Å²) in [4.78, 5) is 0. The summed E-state index contributed by atoms with van der Waals surface area (Å²) in [5.41, 5.74) is 10.7. The summed E-state index contributed by atoms with van der Waals surface area (Å²) >= 11 is 12.1. The highest BCUT2D eigenvalue weighted by atomic mass is 35.5. The summed E-state index contributed by atoms with van der Waals surface area (Å²) < 4.78 is 5.54. The normalized spacial score (nSPS) is 12.3. The molecule has 0 bridgehead atoms. The summed E-state index contributed by atoms with van der Waals surface area (Å²) in [6.45, 7) is 4.72. The van der Waals surface area contributed by atoms with Crippen molar-refractivity contribution in [2.75, 3.05) is 13.7 Å². The SMILES string of the molecule is COc1cc(C)c(C)cc1C(CN)Cc1ccc(Cl)c(Cl)c1. The number of ether oxygens (including phenoxy) is 1. The highest BCUT2D eigenvalue weighted by molar-refractivity contribution is 6.42. The molecule has 0 spiro atoms. The molecule has 2 rings (SSSR count). The molecule has 2 aromatic rings. The first-order chi connectivity index (χ1) is 10.5. The van der Waals surface area contributed by atoms with Gasteiger partial charge in [0.05, 0.1) is 17.2 Å². The van der Waals surface area contributed by atoms with Gasteiger partial charge in [0.15, 0.2) is 0 Å². The van der Waals surface area contributed by atoms with Crippen LogP contribution in [0, 0.1) is 13.8 Å². The van der Waals surface area contributed by atoms with Crippen LogP contribution in [-0.4, -0.2) is 13.7 Å². The third-order valence-electron chi connectivity index (χ3n) is 4.04. The molecule has 1 unspecified atom stereocenters. The van der Waals surface area contributed by atoms with Crippen LogP contribution in [0.15, 0.2) is 30.3 Å². The van der Waals surface area contributed by atoms with Crippen LogP contribution in [-0.2, 0) is 6.42 Å². The van der Waals surface area contributed by atoms with Crippen molar-refractivity contribution >= 4 is 23.2 Å². The molecule has 2 aromatic carbocycles. The Balaban J connectivity index is 2.35. The molecule has 0 radical (unpaired) electrons. The molecule has 1 atom stereocenters. The van der Waals surface area contributed by atoms with Crippen molar-refractivity contribution in [1.29, 1.82) is 0 Å². The molecule has 2 nitrogen and oxygen atoms in total. The van der Waals surface area contributed by atoms with Crippen LogP contribution in [0.3, 0.4) is 0 Å². The fraction of sp³-hybridized carbons (Fsp3) is 0.333. The van der Waals surface area contributed by atoms with E-state index in [-0.39, 0.29) is 5.92 Å². The predicted octanol–water partition coefficient (Wildman–Crippen LogP) is 4.90. The first kappa shape index (κ1) is 17.1. The topological polar surface area (TPSA) is 35.2 Å². The van der Waals surface area contributed by atoms with E-state index < -0.39 is 0 Å². The molecule has 0 heterocycles. The monoisotopic (exact) mass is 337 g/mol. The summed E-state index contributed by atoms with van der Waals surface area (Å²) in [6, 6.07) is 9.96. The van der Waals surface area contributed by atoms with Gasteiger partial charge < -0.3 is 10.5 Å². The molecule has 0 saturated heterocycles. The lowest BCUT2D eigenvalue weighted by Crippen LogP contribution is -2.16. The lowest BCUT2D eigenvalue weighted by Gasteiger charge is -2.20. The minimum absolute atomic E-state index is 0.173. The Morgan fingerprint density at radius 2 is 1.73 bits per heavy atom. The Hall–Kier alpha value is -1.22. The summed E-state index contributed by atoms with van der Waals surface area (Å²) in [7, 11) is 1.69. The second-order valence-electron chi connectivity index (χ2n) is 5.56. The van der Waals surface area contributed by atoms with Crippen LogP contribution in [0.4, 0.5) is 0 Å². The number of halogens is 2. The Morgan fingerprint density at radius 3 is 2.32 bits per heavy atom. The fourth-order valence-corrected chi connectivity index (χ4v) is 2.90. The molecule has 0 aromatic heterocycles. The van der Waals surface area contributed by atoms with E-state index in [9.17, 15) is 0 Å². The zero-order valence-electron chi connectivity index (χ0n) is 13.1. The number of benzene rings is 2. The second kappa shape index (κ2) is 7.36. The number of methoxy groups -OCH3 is 1. The Bertz CT molecular complexity index is 670. The van der Waals surface area contributed by atoms with Crippen molar-refractivity contribution in [3.05, 3.63) is 62.6 Å². The smallest absolute Gasteiger partial charge is 0.122 e. The zero-order valence-corrected chi connectivity index (χ0v) is 14.6. The van der Waals surface area contributed by atoms with Crippen molar-refractivity contribution in [2.24, 2.45) is 5.73 Å². The Morgan fingerprint density at radius 1 is 1.05 bits per heavy atom. The van der Waals surface area contributed by atoms with Gasteiger partial charge in [0.25, 0.3) is 0 Å². The summed E-state index contributed by atoms with van der Waals surface area (Å²) in [5, 5.41) is 1.14. The van der Waals surface area contributed by atoms with E-state index in [4.69, 9.17) is 33.7 Å². The molecule has 0 saturated carbocycles. The lowest BCUT2D eigenvalue weighted by molar-refractivity contribution is 0.404. The first-order valence-electron chi connectivity index (χ1n) is 7.25. The maximum absolute atomic E-state index is 6.10. The van der Waals surface area contributed by atoms with Crippen molar-refractivity contribution < 1.29 is 4.74 Å². The van der Waals surface area contributed by atoms with E-state index >= 15 is 0 Å². The van der Waals surface area contributed by atoms with E-state index in [1.807, 2.05) is 18.2 Å². The minimum Gasteiger partial charge on any atom is -0.496 e. The van der Waals surface area contributed by atoms with E-state index in [1.54, 1.807) is 7.11 Å². The van der Waals surface area contributed by atoms with Gasteiger partial charge in [0, 0.05) is 5.92 Å². The lowest BCUT2D eigenvalue weighted by atomic mass is 9.89. The maximum Gasteiger partial charge on any atom is 0.122 e. The van der Waals surface area contributed by atoms with Crippen molar-refractivity contribution in [2.45, 2.75) is 26.2 Å². The number of nitrogens with two attached hydrogens (primary N) is 1. The second-order valence-corrected chi connectivity index (χ2v) is 6.38. The van der Waals surface area contributed by atoms with E-state index in [1.165, 1.54) is 11.1 Å². The molecule has 0 aliphatic rings. The summed E-state index contributed by atoms with van der Waals surface area (Å²) in [6.07, 6.45) is 0.798. The van der Waals surface area contributed by atoms with Crippen molar-refractivity contribution in [1.82, 2.24) is 0 Å². The maximum atomic E-state index is 6.10. The molecular formula is C18H21Cl2NO. The molecule has 4 heteroatoms. The van der Waals surface area contributed by atoms with Gasteiger partial charge in [-0.25, -0.2) is 0 Å². The van der Waals surface area contributed by atoms with E-state index in [2.05, 4.69) is 26.0 Å². The van der Waals surface area contributed by atoms with Gasteiger partial charge in [-0.15, -0.1) is 0 Å². The Kier molecular flexibility index (Phi) is 5.74. The van der Waals surface area contributed by atoms with Gasteiger partial charge in [0.1, 0.15) is 5.75 Å². The van der Waals surface area contributed by atoms with Crippen LogP contribution in [0.1, 0.15) is 28.2 Å². The van der Waals surface area contributed by atoms with Crippen molar-refractivity contribution in [3.63, 3.8) is 0 Å². The molecule has 0 aliphatic heterocycles. The molecular weight excluding hydrogens is 317 g/mol. The van der Waals surface area contributed by atoms with Crippen LogP contribution in [0.5, 0.6) is 5.75 Å². The Labute approximate surface area is 142 Å². The molecule has 118 valence electrons. The number of rotatable bonds is 5. The fourth-order valence-electron chi connectivity index (χ4n) is 2.58. The van der Waals surface area contributed by atoms with Crippen LogP contribution >= 0.6 is 23.2 Å². The number of aryl methyl sites for hydroxylation is 2. The van der Waals surface area contributed by atoms with Crippen LogP contribution in [0.2, 0.25) is 10.0 Å². The molecule has 2 N–H and O–H groups in total. The largest absolute Gasteiger partial charge is 0.496 e. The van der Waals surface area contributed by atoms with E-state index in [0.717, 1.165) is 23.3 Å². The number of hydrogen-bond acceptors (Lipinski definition) is 2. The molecule has 22 heavy (non-hydrogen) atoms. The zero-order chi connectivity index (χ0) is 16.3. The quantitative estimate of drug-likeness (QED) is 0.841. The minimum atomic E-state index is 0.173. The first-order valence-corrected chi connectivity index (χ1v) is 8.01. The van der Waals surface area contributed by atoms with Crippen molar-refractivity contribution in [3.8, 4) is 5.75 Å². The summed E-state index contributed by atoms with van der Waals surface area (Å²) in [5.74, 6) is 1.06. The third kappa shape index (κ3) is 3.75. The third-order valence-corrected chi connectivity index (χ3v) is 4.78. The van der Waals surface area contributed by atoms with Gasteiger partial charge in [-0.1, -0.05) is 35.3 Å². The van der Waals surface area contributed by atoms with Crippen LogP contribution in [0.25, 0.3) is 0 Å². The van der Waals surface area contributed by atoms with Gasteiger partial charge in [-0.05, 0) is 67.3 Å². The highest BCUT2D eigenvalue weighted by Gasteiger charge is 2.17. The predicted molar refractivity (Wildman–Crippen MR) is 94.4 cm³/mol. The molecule has 0 fully saturated rings. The van der Waals surface area contributed by atoms with Gasteiger partial charge in [-0.2, -0.15) is 0 Å². The van der Waals surface area contributed by atoms with E-state index in [0.29, 0.717) is 16.6 Å². The highest BCUT2D eigenvalue weighted by Crippen LogP contribution is 2.32. The van der Waals surface area contributed by atoms with Crippen LogP contribution < -0.4 is 10.5 Å². The molecule has 0 aliphatic carbocycles. The average molecular weight is 338 g/mol. The average Bonchev–Trinajstić information content (AvgIpc) is 2.50.